The Labute approximate surface area is 122 Å². The van der Waals surface area contributed by atoms with Crippen molar-refractivity contribution in [3.8, 4) is 0 Å². The van der Waals surface area contributed by atoms with Crippen molar-refractivity contribution in [2.24, 2.45) is 0 Å². The maximum atomic E-state index is 11.4. The highest BCUT2D eigenvalue weighted by Crippen LogP contribution is 2.18. The molecule has 4 heteroatoms. The SMILES string of the molecule is CCCCCCCCCCC(S(=O)O)[N+](C)(C)CC. The first-order chi connectivity index (χ1) is 8.95. The quantitative estimate of drug-likeness (QED) is 0.333. The maximum Gasteiger partial charge on any atom is 0.213 e. The summed E-state index contributed by atoms with van der Waals surface area (Å²) in [6.45, 7) is 5.21. The predicted octanol–water partition coefficient (Wildman–Crippen LogP) is 4.16. The summed E-state index contributed by atoms with van der Waals surface area (Å²) in [5, 5.41) is -0.134. The lowest BCUT2D eigenvalue weighted by Gasteiger charge is -2.34. The molecule has 19 heavy (non-hydrogen) atoms. The van der Waals surface area contributed by atoms with Crippen LogP contribution in [0.1, 0.15) is 71.6 Å². The van der Waals surface area contributed by atoms with E-state index in [0.717, 1.165) is 19.4 Å². The summed E-state index contributed by atoms with van der Waals surface area (Å²) in [4.78, 5) is 0. The molecular weight excluding hydrogens is 258 g/mol. The monoisotopic (exact) mass is 292 g/mol. The van der Waals surface area contributed by atoms with E-state index in [4.69, 9.17) is 0 Å². The molecule has 0 heterocycles. The summed E-state index contributed by atoms with van der Waals surface area (Å²) in [6.07, 6.45) is 11.1. The van der Waals surface area contributed by atoms with Crippen molar-refractivity contribution in [1.29, 1.82) is 0 Å². The van der Waals surface area contributed by atoms with Gasteiger partial charge in [0, 0.05) is 6.42 Å². The smallest absolute Gasteiger partial charge is 0.213 e. The molecule has 0 radical (unpaired) electrons. The van der Waals surface area contributed by atoms with E-state index in [1.165, 1.54) is 44.9 Å². The van der Waals surface area contributed by atoms with Crippen molar-refractivity contribution < 1.29 is 13.2 Å². The highest BCUT2D eigenvalue weighted by Gasteiger charge is 2.31. The van der Waals surface area contributed by atoms with E-state index in [9.17, 15) is 8.76 Å². The zero-order valence-electron chi connectivity index (χ0n) is 13.4. The summed E-state index contributed by atoms with van der Waals surface area (Å²) in [5.74, 6) is 0. The van der Waals surface area contributed by atoms with E-state index in [0.29, 0.717) is 4.48 Å². The van der Waals surface area contributed by atoms with Crippen LogP contribution in [-0.2, 0) is 11.1 Å². The Kier molecular flexibility index (Phi) is 10.8. The number of hydrogen-bond donors (Lipinski definition) is 1. The molecule has 0 amide bonds. The van der Waals surface area contributed by atoms with Crippen molar-refractivity contribution >= 4 is 11.1 Å². The molecule has 0 bridgehead atoms. The molecule has 2 unspecified atom stereocenters. The van der Waals surface area contributed by atoms with Crippen molar-refractivity contribution in [2.75, 3.05) is 20.6 Å². The fourth-order valence-electron chi connectivity index (χ4n) is 2.35. The van der Waals surface area contributed by atoms with Crippen LogP contribution in [-0.4, -0.2) is 39.3 Å². The van der Waals surface area contributed by atoms with E-state index >= 15 is 0 Å². The van der Waals surface area contributed by atoms with Gasteiger partial charge in [0.2, 0.25) is 11.1 Å². The third kappa shape index (κ3) is 8.77. The van der Waals surface area contributed by atoms with E-state index in [1.54, 1.807) is 0 Å². The van der Waals surface area contributed by atoms with Gasteiger partial charge in [-0.15, -0.1) is 0 Å². The van der Waals surface area contributed by atoms with Crippen molar-refractivity contribution in [3.05, 3.63) is 0 Å². The summed E-state index contributed by atoms with van der Waals surface area (Å²) >= 11 is -1.71. The molecule has 0 saturated carbocycles. The van der Waals surface area contributed by atoms with Crippen LogP contribution in [0.2, 0.25) is 0 Å². The van der Waals surface area contributed by atoms with Crippen LogP contribution in [0.25, 0.3) is 0 Å². The molecule has 0 aromatic carbocycles. The molecule has 2 atom stereocenters. The number of unbranched alkanes of at least 4 members (excludes halogenated alkanes) is 7. The molecule has 0 aromatic heterocycles. The molecule has 1 N–H and O–H groups in total. The minimum atomic E-state index is -1.71. The van der Waals surface area contributed by atoms with Crippen molar-refractivity contribution in [1.82, 2.24) is 0 Å². The molecule has 0 saturated heterocycles. The zero-order chi connectivity index (χ0) is 14.7. The average Bonchev–Trinajstić information content (AvgIpc) is 2.36. The number of hydrogen-bond acceptors (Lipinski definition) is 1. The van der Waals surface area contributed by atoms with Gasteiger partial charge in [-0.25, -0.2) is 4.21 Å². The number of nitrogens with zero attached hydrogens (tertiary/aromatic N) is 1. The summed E-state index contributed by atoms with van der Waals surface area (Å²) in [6, 6.07) is 0. The van der Waals surface area contributed by atoms with Gasteiger partial charge in [-0.2, -0.15) is 0 Å². The van der Waals surface area contributed by atoms with Crippen LogP contribution in [0.15, 0.2) is 0 Å². The second kappa shape index (κ2) is 10.8. The highest BCUT2D eigenvalue weighted by molar-refractivity contribution is 7.79. The highest BCUT2D eigenvalue weighted by atomic mass is 32.2. The lowest BCUT2D eigenvalue weighted by atomic mass is 10.1. The maximum absolute atomic E-state index is 11.4. The van der Waals surface area contributed by atoms with Gasteiger partial charge in [0.1, 0.15) is 0 Å². The lowest BCUT2D eigenvalue weighted by Crippen LogP contribution is -2.50. The third-order valence-electron chi connectivity index (χ3n) is 4.13. The van der Waals surface area contributed by atoms with Gasteiger partial charge in [0.15, 0.2) is 5.37 Å². The second-order valence-corrected chi connectivity index (χ2v) is 7.19. The topological polar surface area (TPSA) is 37.3 Å². The standard InChI is InChI=1S/C15H33NO2S/c1-5-7-8-9-10-11-12-13-14-15(19(17)18)16(3,4)6-2/h15H,5-14H2,1-4H3/p+1. The van der Waals surface area contributed by atoms with Gasteiger partial charge in [-0.3, -0.25) is 0 Å². The van der Waals surface area contributed by atoms with Crippen molar-refractivity contribution in [3.63, 3.8) is 0 Å². The van der Waals surface area contributed by atoms with Crippen LogP contribution < -0.4 is 0 Å². The summed E-state index contributed by atoms with van der Waals surface area (Å²) in [5.41, 5.74) is 0. The minimum Gasteiger partial charge on any atom is -0.314 e. The molecule has 0 rings (SSSR count). The van der Waals surface area contributed by atoms with Crippen LogP contribution in [0.4, 0.5) is 0 Å². The minimum absolute atomic E-state index is 0.134. The fraction of sp³-hybridized carbons (Fsp3) is 1.00. The van der Waals surface area contributed by atoms with Gasteiger partial charge in [0.25, 0.3) is 0 Å². The Morgan fingerprint density at radius 3 is 1.84 bits per heavy atom. The van der Waals surface area contributed by atoms with E-state index in [1.807, 2.05) is 14.1 Å². The largest absolute Gasteiger partial charge is 0.314 e. The second-order valence-electron chi connectivity index (χ2n) is 6.09. The van der Waals surface area contributed by atoms with Crippen LogP contribution in [0, 0.1) is 0 Å². The normalized spacial score (nSPS) is 15.4. The van der Waals surface area contributed by atoms with Crippen molar-refractivity contribution in [2.45, 2.75) is 77.0 Å². The average molecular weight is 293 g/mol. The fourth-order valence-corrected chi connectivity index (χ4v) is 3.36. The molecule has 0 aliphatic heterocycles. The summed E-state index contributed by atoms with van der Waals surface area (Å²) in [7, 11) is 4.09. The molecule has 0 aromatic rings. The van der Waals surface area contributed by atoms with E-state index in [-0.39, 0.29) is 5.37 Å². The van der Waals surface area contributed by atoms with Gasteiger partial charge >= 0.3 is 0 Å². The third-order valence-corrected chi connectivity index (χ3v) is 5.40. The van der Waals surface area contributed by atoms with Crippen LogP contribution in [0.3, 0.4) is 0 Å². The molecule has 3 nitrogen and oxygen atoms in total. The number of quaternary nitrogens is 1. The molecule has 0 spiro atoms. The lowest BCUT2D eigenvalue weighted by molar-refractivity contribution is -0.899. The Bertz CT molecular complexity index is 244. The molecular formula is C15H34NO2S+. The van der Waals surface area contributed by atoms with Gasteiger partial charge in [-0.05, 0) is 13.3 Å². The molecule has 0 aliphatic rings. The van der Waals surface area contributed by atoms with Gasteiger partial charge < -0.3 is 9.04 Å². The first kappa shape index (κ1) is 19.1. The Morgan fingerprint density at radius 1 is 0.947 bits per heavy atom. The Hall–Kier alpha value is 0.0700. The molecule has 116 valence electrons. The first-order valence-electron chi connectivity index (χ1n) is 7.88. The number of rotatable bonds is 12. The first-order valence-corrected chi connectivity index (χ1v) is 9.05. The van der Waals surface area contributed by atoms with Crippen LogP contribution in [0.5, 0.6) is 0 Å². The predicted molar refractivity (Wildman–Crippen MR) is 84.4 cm³/mol. The van der Waals surface area contributed by atoms with Crippen LogP contribution >= 0.6 is 0 Å². The van der Waals surface area contributed by atoms with Gasteiger partial charge in [-0.1, -0.05) is 51.9 Å². The molecule has 0 aliphatic carbocycles. The Balaban J connectivity index is 3.75. The van der Waals surface area contributed by atoms with E-state index in [2.05, 4.69) is 13.8 Å². The van der Waals surface area contributed by atoms with Gasteiger partial charge in [0.05, 0.1) is 20.6 Å². The Morgan fingerprint density at radius 2 is 1.42 bits per heavy atom. The zero-order valence-corrected chi connectivity index (χ0v) is 14.2. The van der Waals surface area contributed by atoms with E-state index < -0.39 is 11.1 Å². The molecule has 0 fully saturated rings. The summed E-state index contributed by atoms with van der Waals surface area (Å²) < 4.78 is 21.5.